The van der Waals surface area contributed by atoms with E-state index in [1.165, 1.54) is 11.8 Å². The normalized spacial score (nSPS) is 17.7. The van der Waals surface area contributed by atoms with Gasteiger partial charge in [0, 0.05) is 17.3 Å². The summed E-state index contributed by atoms with van der Waals surface area (Å²) in [4.78, 5) is 27.2. The quantitative estimate of drug-likeness (QED) is 0.551. The molecule has 29 heavy (non-hydrogen) atoms. The van der Waals surface area contributed by atoms with E-state index in [9.17, 15) is 9.59 Å². The number of nitrogens with zero attached hydrogens (tertiary/aromatic N) is 1. The zero-order chi connectivity index (χ0) is 20.4. The maximum Gasteiger partial charge on any atom is 0.266 e. The number of thioether (sulfide) groups is 1. The number of nitrogens with one attached hydrogen (secondary N) is 1. The SMILES string of the molecule is Cc1ccc(NC(=O)COc2ccccc2/C=C2/SC(=S)N(C3CC3)C2=O)cc1. The third-order valence-corrected chi connectivity index (χ3v) is 5.97. The molecule has 0 aromatic heterocycles. The van der Waals surface area contributed by atoms with Gasteiger partial charge in [0.05, 0.1) is 4.91 Å². The summed E-state index contributed by atoms with van der Waals surface area (Å²) in [5.41, 5.74) is 2.59. The Morgan fingerprint density at radius 3 is 2.69 bits per heavy atom. The van der Waals surface area contributed by atoms with E-state index in [1.807, 2.05) is 49.4 Å². The van der Waals surface area contributed by atoms with Crippen LogP contribution in [0.2, 0.25) is 0 Å². The van der Waals surface area contributed by atoms with Crippen molar-refractivity contribution >= 4 is 51.9 Å². The van der Waals surface area contributed by atoms with Gasteiger partial charge >= 0.3 is 0 Å². The Morgan fingerprint density at radius 1 is 1.24 bits per heavy atom. The number of rotatable bonds is 6. The molecule has 148 valence electrons. The van der Waals surface area contributed by atoms with Gasteiger partial charge in [-0.3, -0.25) is 14.5 Å². The number of benzene rings is 2. The fraction of sp³-hybridized carbons (Fsp3) is 0.227. The van der Waals surface area contributed by atoms with Gasteiger partial charge in [-0.1, -0.05) is 59.9 Å². The molecule has 1 saturated heterocycles. The molecule has 0 unspecified atom stereocenters. The fourth-order valence-electron chi connectivity index (χ4n) is 2.98. The zero-order valence-corrected chi connectivity index (χ0v) is 17.5. The first kappa shape index (κ1) is 19.7. The molecule has 2 aromatic rings. The number of carbonyl (C=O) groups excluding carboxylic acids is 2. The standard InChI is InChI=1S/C22H20N2O3S2/c1-14-6-8-16(9-7-14)23-20(25)13-27-18-5-3-2-4-15(18)12-19-21(26)24(17-10-11-17)22(28)29-19/h2-9,12,17H,10-11,13H2,1H3,(H,23,25)/b19-12+. The van der Waals surface area contributed by atoms with Gasteiger partial charge in [0.25, 0.3) is 11.8 Å². The van der Waals surface area contributed by atoms with Gasteiger partial charge in [-0.2, -0.15) is 0 Å². The minimum Gasteiger partial charge on any atom is -0.483 e. The lowest BCUT2D eigenvalue weighted by molar-refractivity contribution is -0.122. The third kappa shape index (κ3) is 4.68. The summed E-state index contributed by atoms with van der Waals surface area (Å²) in [6, 6.07) is 15.2. The number of aryl methyl sites for hydroxylation is 1. The number of hydrogen-bond acceptors (Lipinski definition) is 5. The maximum absolute atomic E-state index is 12.7. The van der Waals surface area contributed by atoms with E-state index in [0.29, 0.717) is 15.0 Å². The van der Waals surface area contributed by atoms with E-state index in [4.69, 9.17) is 17.0 Å². The molecular weight excluding hydrogens is 404 g/mol. The molecule has 2 aromatic carbocycles. The number of ether oxygens (including phenoxy) is 1. The van der Waals surface area contributed by atoms with Crippen LogP contribution in [0, 0.1) is 6.92 Å². The molecule has 1 heterocycles. The zero-order valence-electron chi connectivity index (χ0n) is 15.9. The molecule has 0 spiro atoms. The van der Waals surface area contributed by atoms with Crippen molar-refractivity contribution in [1.29, 1.82) is 0 Å². The van der Waals surface area contributed by atoms with E-state index in [1.54, 1.807) is 17.0 Å². The summed E-state index contributed by atoms with van der Waals surface area (Å²) in [5, 5.41) is 2.81. The molecule has 2 amide bonds. The van der Waals surface area contributed by atoms with E-state index >= 15 is 0 Å². The number of para-hydroxylation sites is 1. The molecule has 5 nitrogen and oxygen atoms in total. The molecule has 1 saturated carbocycles. The van der Waals surface area contributed by atoms with Crippen LogP contribution in [0.1, 0.15) is 24.0 Å². The van der Waals surface area contributed by atoms with Gasteiger partial charge in [-0.25, -0.2) is 0 Å². The smallest absolute Gasteiger partial charge is 0.266 e. The van der Waals surface area contributed by atoms with Gasteiger partial charge in [-0.15, -0.1) is 0 Å². The Bertz CT molecular complexity index is 997. The Kier molecular flexibility index (Phi) is 5.69. The van der Waals surface area contributed by atoms with Crippen LogP contribution >= 0.6 is 24.0 Å². The minimum atomic E-state index is -0.247. The van der Waals surface area contributed by atoms with Crippen LogP contribution in [0.3, 0.4) is 0 Å². The molecule has 1 N–H and O–H groups in total. The molecule has 1 aliphatic carbocycles. The van der Waals surface area contributed by atoms with Crippen molar-refractivity contribution in [3.05, 3.63) is 64.6 Å². The lowest BCUT2D eigenvalue weighted by Gasteiger charge is -2.12. The van der Waals surface area contributed by atoms with Gasteiger partial charge < -0.3 is 10.1 Å². The van der Waals surface area contributed by atoms with Crippen molar-refractivity contribution in [2.45, 2.75) is 25.8 Å². The molecule has 7 heteroatoms. The van der Waals surface area contributed by atoms with E-state index in [2.05, 4.69) is 5.32 Å². The van der Waals surface area contributed by atoms with Crippen LogP contribution in [-0.2, 0) is 9.59 Å². The van der Waals surface area contributed by atoms with Gasteiger partial charge in [-0.05, 0) is 44.0 Å². The Labute approximate surface area is 179 Å². The van der Waals surface area contributed by atoms with E-state index in [0.717, 1.165) is 29.7 Å². The van der Waals surface area contributed by atoms with Crippen LogP contribution < -0.4 is 10.1 Å². The monoisotopic (exact) mass is 424 g/mol. The highest BCUT2D eigenvalue weighted by Gasteiger charge is 2.41. The Balaban J connectivity index is 1.43. The number of carbonyl (C=O) groups is 2. The highest BCUT2D eigenvalue weighted by molar-refractivity contribution is 8.26. The van der Waals surface area contributed by atoms with Gasteiger partial charge in [0.2, 0.25) is 0 Å². The number of hydrogen-bond donors (Lipinski definition) is 1. The number of thiocarbonyl (C=S) groups is 1. The van der Waals surface area contributed by atoms with Crippen LogP contribution in [0.4, 0.5) is 5.69 Å². The van der Waals surface area contributed by atoms with E-state index < -0.39 is 0 Å². The lowest BCUT2D eigenvalue weighted by atomic mass is 10.2. The van der Waals surface area contributed by atoms with Crippen LogP contribution in [0.25, 0.3) is 6.08 Å². The molecule has 1 aliphatic heterocycles. The highest BCUT2D eigenvalue weighted by Crippen LogP contribution is 2.40. The van der Waals surface area contributed by atoms with Crippen molar-refractivity contribution < 1.29 is 14.3 Å². The first-order valence-corrected chi connectivity index (χ1v) is 10.6. The van der Waals surface area contributed by atoms with E-state index in [-0.39, 0.29) is 24.5 Å². The van der Waals surface area contributed by atoms with Crippen LogP contribution in [0.5, 0.6) is 5.75 Å². The molecule has 2 aliphatic rings. The number of anilines is 1. The summed E-state index contributed by atoms with van der Waals surface area (Å²) >= 11 is 6.67. The first-order chi connectivity index (χ1) is 14.0. The average molecular weight is 425 g/mol. The minimum absolute atomic E-state index is 0.0468. The van der Waals surface area contributed by atoms with Gasteiger partial charge in [0.15, 0.2) is 6.61 Å². The van der Waals surface area contributed by atoms with Crippen molar-refractivity contribution in [2.24, 2.45) is 0 Å². The molecule has 4 rings (SSSR count). The van der Waals surface area contributed by atoms with Crippen molar-refractivity contribution in [2.75, 3.05) is 11.9 Å². The first-order valence-electron chi connectivity index (χ1n) is 9.36. The van der Waals surface area contributed by atoms with Crippen molar-refractivity contribution in [3.63, 3.8) is 0 Å². The lowest BCUT2D eigenvalue weighted by Crippen LogP contribution is -2.30. The Hall–Kier alpha value is -2.64. The summed E-state index contributed by atoms with van der Waals surface area (Å²) in [7, 11) is 0. The summed E-state index contributed by atoms with van der Waals surface area (Å²) < 4.78 is 6.34. The van der Waals surface area contributed by atoms with Crippen LogP contribution in [0.15, 0.2) is 53.4 Å². The topological polar surface area (TPSA) is 58.6 Å². The fourth-order valence-corrected chi connectivity index (χ4v) is 4.37. The maximum atomic E-state index is 12.7. The average Bonchev–Trinajstić information content (AvgIpc) is 3.49. The highest BCUT2D eigenvalue weighted by atomic mass is 32.2. The second-order valence-corrected chi connectivity index (χ2v) is 8.70. The second-order valence-electron chi connectivity index (χ2n) is 7.02. The van der Waals surface area contributed by atoms with Gasteiger partial charge in [0.1, 0.15) is 10.1 Å². The third-order valence-electron chi connectivity index (χ3n) is 4.64. The second kappa shape index (κ2) is 8.39. The predicted molar refractivity (Wildman–Crippen MR) is 120 cm³/mol. The largest absolute Gasteiger partial charge is 0.483 e. The van der Waals surface area contributed by atoms with Crippen molar-refractivity contribution in [3.8, 4) is 5.75 Å². The van der Waals surface area contributed by atoms with Crippen LogP contribution in [-0.4, -0.2) is 33.7 Å². The molecule has 2 fully saturated rings. The Morgan fingerprint density at radius 2 is 1.97 bits per heavy atom. The molecule has 0 atom stereocenters. The molecular formula is C22H20N2O3S2. The molecule has 0 radical (unpaired) electrons. The summed E-state index contributed by atoms with van der Waals surface area (Å²) in [6.07, 6.45) is 3.81. The predicted octanol–water partition coefficient (Wildman–Crippen LogP) is 4.38. The molecule has 0 bridgehead atoms. The summed E-state index contributed by atoms with van der Waals surface area (Å²) in [6.45, 7) is 1.87. The summed E-state index contributed by atoms with van der Waals surface area (Å²) in [5.74, 6) is 0.251. The van der Waals surface area contributed by atoms with Crippen molar-refractivity contribution in [1.82, 2.24) is 4.90 Å². The number of amides is 2.